The third-order valence-electron chi connectivity index (χ3n) is 3.42. The van der Waals surface area contributed by atoms with Crippen LogP contribution in [-0.4, -0.2) is 23.7 Å². The summed E-state index contributed by atoms with van der Waals surface area (Å²) in [4.78, 5) is 10.6. The predicted molar refractivity (Wildman–Crippen MR) is 84.3 cm³/mol. The van der Waals surface area contributed by atoms with Crippen LogP contribution in [0.15, 0.2) is 42.5 Å². The number of methoxy groups -OCH3 is 1. The van der Waals surface area contributed by atoms with Gasteiger partial charge < -0.3 is 15.2 Å². The molecule has 0 aliphatic heterocycles. The van der Waals surface area contributed by atoms with Gasteiger partial charge in [-0.15, -0.1) is 0 Å². The molecule has 0 fully saturated rings. The number of nitro benzene ring substituents is 1. The second kappa shape index (κ2) is 6.91. The van der Waals surface area contributed by atoms with Crippen molar-refractivity contribution in [2.75, 3.05) is 19.0 Å². The summed E-state index contributed by atoms with van der Waals surface area (Å²) < 4.78 is 5.06. The summed E-state index contributed by atoms with van der Waals surface area (Å²) in [5.41, 5.74) is 1.91. The van der Waals surface area contributed by atoms with Crippen LogP contribution in [0, 0.1) is 17.0 Å². The summed E-state index contributed by atoms with van der Waals surface area (Å²) in [5.74, 6) is 0.707. The Labute approximate surface area is 128 Å². The van der Waals surface area contributed by atoms with Crippen molar-refractivity contribution in [3.63, 3.8) is 0 Å². The molecule has 6 nitrogen and oxygen atoms in total. The molecule has 0 aromatic heterocycles. The van der Waals surface area contributed by atoms with E-state index in [0.29, 0.717) is 17.0 Å². The third-order valence-corrected chi connectivity index (χ3v) is 3.42. The summed E-state index contributed by atoms with van der Waals surface area (Å²) >= 11 is 0. The van der Waals surface area contributed by atoms with Gasteiger partial charge in [0.25, 0.3) is 5.69 Å². The van der Waals surface area contributed by atoms with Gasteiger partial charge in [0, 0.05) is 12.6 Å². The maximum Gasteiger partial charge on any atom is 0.292 e. The van der Waals surface area contributed by atoms with Crippen molar-refractivity contribution in [1.29, 1.82) is 0 Å². The summed E-state index contributed by atoms with van der Waals surface area (Å²) in [5, 5.41) is 24.2. The van der Waals surface area contributed by atoms with Crippen molar-refractivity contribution in [3.8, 4) is 5.75 Å². The Bertz CT molecular complexity index is 656. The van der Waals surface area contributed by atoms with Crippen molar-refractivity contribution in [2.45, 2.75) is 13.0 Å². The molecule has 0 amide bonds. The minimum atomic E-state index is -0.773. The Balaban J connectivity index is 2.10. The van der Waals surface area contributed by atoms with Crippen LogP contribution in [0.4, 0.5) is 11.4 Å². The molecule has 2 aromatic rings. The van der Waals surface area contributed by atoms with Crippen molar-refractivity contribution in [3.05, 3.63) is 63.7 Å². The molecule has 0 spiro atoms. The fourth-order valence-electron chi connectivity index (χ4n) is 2.18. The van der Waals surface area contributed by atoms with E-state index in [9.17, 15) is 15.2 Å². The monoisotopic (exact) mass is 302 g/mol. The van der Waals surface area contributed by atoms with E-state index in [1.165, 1.54) is 6.07 Å². The molecule has 1 unspecified atom stereocenters. The van der Waals surface area contributed by atoms with E-state index < -0.39 is 11.0 Å². The van der Waals surface area contributed by atoms with E-state index >= 15 is 0 Å². The van der Waals surface area contributed by atoms with Crippen LogP contribution in [0.5, 0.6) is 5.75 Å². The van der Waals surface area contributed by atoms with Crippen LogP contribution in [0.25, 0.3) is 0 Å². The lowest BCUT2D eigenvalue weighted by atomic mass is 10.1. The number of para-hydroxylation sites is 1. The van der Waals surface area contributed by atoms with Crippen molar-refractivity contribution in [2.24, 2.45) is 0 Å². The summed E-state index contributed by atoms with van der Waals surface area (Å²) in [6, 6.07) is 11.9. The Morgan fingerprint density at radius 3 is 2.55 bits per heavy atom. The van der Waals surface area contributed by atoms with Crippen molar-refractivity contribution < 1.29 is 14.8 Å². The zero-order valence-electron chi connectivity index (χ0n) is 12.4. The topological polar surface area (TPSA) is 84.6 Å². The minimum Gasteiger partial charge on any atom is -0.497 e. The molecule has 116 valence electrons. The largest absolute Gasteiger partial charge is 0.497 e. The van der Waals surface area contributed by atoms with Gasteiger partial charge in [0.15, 0.2) is 0 Å². The van der Waals surface area contributed by atoms with Crippen LogP contribution in [0.2, 0.25) is 0 Å². The standard InChI is InChI=1S/C16H18N2O4/c1-11-4-3-5-14(18(20)21)16(11)17-10-15(19)12-6-8-13(22-2)9-7-12/h3-9,15,17,19H,10H2,1-2H3. The number of benzene rings is 2. The molecule has 0 saturated carbocycles. The first-order valence-corrected chi connectivity index (χ1v) is 6.83. The molecule has 2 rings (SSSR count). The molecule has 0 aliphatic carbocycles. The number of nitrogens with one attached hydrogen (secondary N) is 1. The fraction of sp³-hybridized carbons (Fsp3) is 0.250. The number of nitrogens with zero attached hydrogens (tertiary/aromatic N) is 1. The molecule has 22 heavy (non-hydrogen) atoms. The second-order valence-electron chi connectivity index (χ2n) is 4.90. The average Bonchev–Trinajstić information content (AvgIpc) is 2.53. The van der Waals surface area contributed by atoms with E-state index in [4.69, 9.17) is 4.74 Å². The van der Waals surface area contributed by atoms with Crippen molar-refractivity contribution >= 4 is 11.4 Å². The maximum atomic E-state index is 11.0. The Kier molecular flexibility index (Phi) is 4.95. The highest BCUT2D eigenvalue weighted by Gasteiger charge is 2.16. The minimum absolute atomic E-state index is 0.00179. The number of hydrogen-bond donors (Lipinski definition) is 2. The third kappa shape index (κ3) is 3.53. The van der Waals surface area contributed by atoms with Crippen LogP contribution in [0.3, 0.4) is 0 Å². The molecule has 2 N–H and O–H groups in total. The molecule has 2 aromatic carbocycles. The lowest BCUT2D eigenvalue weighted by molar-refractivity contribution is -0.384. The number of hydrogen-bond acceptors (Lipinski definition) is 5. The quantitative estimate of drug-likeness (QED) is 0.633. The number of rotatable bonds is 6. The van der Waals surface area contributed by atoms with Gasteiger partial charge >= 0.3 is 0 Å². The first-order chi connectivity index (χ1) is 10.5. The molecule has 0 heterocycles. The van der Waals surface area contributed by atoms with E-state index in [1.54, 1.807) is 50.4 Å². The molecular weight excluding hydrogens is 284 g/mol. The highest BCUT2D eigenvalue weighted by atomic mass is 16.6. The molecule has 0 bridgehead atoms. The van der Waals surface area contributed by atoms with Gasteiger partial charge in [-0.05, 0) is 30.2 Å². The molecule has 0 radical (unpaired) electrons. The molecule has 0 aliphatic rings. The molecule has 1 atom stereocenters. The van der Waals surface area contributed by atoms with Gasteiger partial charge in [-0.2, -0.15) is 0 Å². The van der Waals surface area contributed by atoms with Crippen LogP contribution >= 0.6 is 0 Å². The predicted octanol–water partition coefficient (Wildman–Crippen LogP) is 3.06. The summed E-state index contributed by atoms with van der Waals surface area (Å²) in [7, 11) is 1.57. The number of ether oxygens (including phenoxy) is 1. The van der Waals surface area contributed by atoms with Gasteiger partial charge in [-0.25, -0.2) is 0 Å². The van der Waals surface area contributed by atoms with Gasteiger partial charge in [-0.3, -0.25) is 10.1 Å². The summed E-state index contributed by atoms with van der Waals surface area (Å²) in [6.07, 6.45) is -0.773. The second-order valence-corrected chi connectivity index (χ2v) is 4.90. The van der Waals surface area contributed by atoms with Gasteiger partial charge in [0.1, 0.15) is 11.4 Å². The lowest BCUT2D eigenvalue weighted by Crippen LogP contribution is -2.13. The van der Waals surface area contributed by atoms with Gasteiger partial charge in [-0.1, -0.05) is 24.3 Å². The SMILES string of the molecule is COc1ccc(C(O)CNc2c(C)cccc2[N+](=O)[O-])cc1. The van der Waals surface area contributed by atoms with Gasteiger partial charge in [0.2, 0.25) is 0 Å². The average molecular weight is 302 g/mol. The van der Waals surface area contributed by atoms with E-state index in [0.717, 1.165) is 5.56 Å². The molecular formula is C16H18N2O4. The van der Waals surface area contributed by atoms with Crippen LogP contribution in [-0.2, 0) is 0 Å². The lowest BCUT2D eigenvalue weighted by Gasteiger charge is -2.15. The van der Waals surface area contributed by atoms with Crippen LogP contribution in [0.1, 0.15) is 17.2 Å². The van der Waals surface area contributed by atoms with E-state index in [-0.39, 0.29) is 12.2 Å². The molecule has 6 heteroatoms. The Hall–Kier alpha value is -2.60. The molecule has 0 saturated heterocycles. The Morgan fingerprint density at radius 1 is 1.27 bits per heavy atom. The zero-order chi connectivity index (χ0) is 16.1. The number of aliphatic hydroxyl groups excluding tert-OH is 1. The first kappa shape index (κ1) is 15.8. The zero-order valence-corrected chi connectivity index (χ0v) is 12.4. The number of aryl methyl sites for hydroxylation is 1. The first-order valence-electron chi connectivity index (χ1n) is 6.83. The van der Waals surface area contributed by atoms with E-state index in [1.807, 2.05) is 0 Å². The normalized spacial score (nSPS) is 11.8. The Morgan fingerprint density at radius 2 is 1.95 bits per heavy atom. The van der Waals surface area contributed by atoms with Crippen molar-refractivity contribution in [1.82, 2.24) is 0 Å². The van der Waals surface area contributed by atoms with Crippen LogP contribution < -0.4 is 10.1 Å². The highest BCUT2D eigenvalue weighted by Crippen LogP contribution is 2.28. The summed E-state index contributed by atoms with van der Waals surface area (Å²) in [6.45, 7) is 1.97. The smallest absolute Gasteiger partial charge is 0.292 e. The number of aliphatic hydroxyl groups is 1. The number of anilines is 1. The maximum absolute atomic E-state index is 11.0. The van der Waals surface area contributed by atoms with E-state index in [2.05, 4.69) is 5.32 Å². The highest BCUT2D eigenvalue weighted by molar-refractivity contribution is 5.66. The van der Waals surface area contributed by atoms with Gasteiger partial charge in [0.05, 0.1) is 18.1 Å². The fourth-order valence-corrected chi connectivity index (χ4v) is 2.18. The number of nitro groups is 1.